The minimum Gasteiger partial charge on any atom is -0.444 e. The smallest absolute Gasteiger partial charge is 0.410 e. The molecule has 1 aromatic rings. The van der Waals surface area contributed by atoms with Crippen LogP contribution in [0.1, 0.15) is 26.3 Å². The molecule has 6 heteroatoms. The Labute approximate surface area is 128 Å². The molecule has 2 amide bonds. The highest BCUT2D eigenvalue weighted by molar-refractivity contribution is 6.31. The maximum atomic E-state index is 12.3. The Morgan fingerprint density at radius 1 is 1.38 bits per heavy atom. The van der Waals surface area contributed by atoms with E-state index in [9.17, 15) is 9.59 Å². The first-order valence-electron chi connectivity index (χ1n) is 6.81. The van der Waals surface area contributed by atoms with Crippen LogP contribution in [0.15, 0.2) is 18.2 Å². The van der Waals surface area contributed by atoms with E-state index in [4.69, 9.17) is 16.3 Å². The first-order chi connectivity index (χ1) is 9.71. The summed E-state index contributed by atoms with van der Waals surface area (Å²) in [5.41, 5.74) is 0.438. The third-order valence-electron chi connectivity index (χ3n) is 3.75. The minimum atomic E-state index is -0.656. The van der Waals surface area contributed by atoms with Gasteiger partial charge in [-0.3, -0.25) is 4.79 Å². The van der Waals surface area contributed by atoms with Crippen molar-refractivity contribution >= 4 is 29.3 Å². The molecule has 1 fully saturated rings. The van der Waals surface area contributed by atoms with E-state index in [2.05, 4.69) is 5.32 Å². The first-order valence-corrected chi connectivity index (χ1v) is 7.18. The Balaban J connectivity index is 1.78. The lowest BCUT2D eigenvalue weighted by Gasteiger charge is -2.46. The van der Waals surface area contributed by atoms with Crippen molar-refractivity contribution in [3.63, 3.8) is 0 Å². The monoisotopic (exact) mass is 308 g/mol. The van der Waals surface area contributed by atoms with Gasteiger partial charge in [0.25, 0.3) is 0 Å². The van der Waals surface area contributed by atoms with Crippen molar-refractivity contribution in [3.8, 4) is 0 Å². The fraction of sp³-hybridized carbons (Fsp3) is 0.467. The number of anilines is 1. The second-order valence-corrected chi connectivity index (χ2v) is 7.00. The molecule has 3 rings (SSSR count). The van der Waals surface area contributed by atoms with Crippen molar-refractivity contribution in [3.05, 3.63) is 28.8 Å². The Hall–Kier alpha value is -1.75. The summed E-state index contributed by atoms with van der Waals surface area (Å²) < 4.78 is 5.32. The summed E-state index contributed by atoms with van der Waals surface area (Å²) in [6, 6.07) is 5.35. The van der Waals surface area contributed by atoms with Crippen LogP contribution in [0.2, 0.25) is 5.02 Å². The van der Waals surface area contributed by atoms with Gasteiger partial charge in [-0.05, 0) is 38.5 Å². The van der Waals surface area contributed by atoms with Crippen LogP contribution in [0.25, 0.3) is 0 Å². The van der Waals surface area contributed by atoms with E-state index in [1.165, 1.54) is 0 Å². The predicted octanol–water partition coefficient (Wildman–Crippen LogP) is 2.78. The van der Waals surface area contributed by atoms with Crippen molar-refractivity contribution in [1.29, 1.82) is 0 Å². The maximum Gasteiger partial charge on any atom is 0.410 e. The number of rotatable bonds is 0. The molecule has 1 N–H and O–H groups in total. The number of likely N-dealkylation sites (tertiary alicyclic amines) is 1. The number of carbonyl (C=O) groups excluding carboxylic acids is 2. The van der Waals surface area contributed by atoms with Crippen molar-refractivity contribution in [1.82, 2.24) is 4.90 Å². The van der Waals surface area contributed by atoms with E-state index < -0.39 is 11.0 Å². The van der Waals surface area contributed by atoms with E-state index in [-0.39, 0.29) is 12.0 Å². The van der Waals surface area contributed by atoms with E-state index >= 15 is 0 Å². The Kier molecular flexibility index (Phi) is 2.95. The van der Waals surface area contributed by atoms with E-state index in [0.717, 1.165) is 11.3 Å². The van der Waals surface area contributed by atoms with Crippen molar-refractivity contribution in [2.75, 3.05) is 18.4 Å². The normalized spacial score (nSPS) is 19.0. The molecule has 2 heterocycles. The highest BCUT2D eigenvalue weighted by Gasteiger charge is 2.57. The largest absolute Gasteiger partial charge is 0.444 e. The number of nitrogens with zero attached hydrogens (tertiary/aromatic N) is 1. The third-order valence-corrected chi connectivity index (χ3v) is 3.99. The summed E-state index contributed by atoms with van der Waals surface area (Å²) in [6.07, 6.45) is -0.386. The molecule has 1 spiro atoms. The maximum absolute atomic E-state index is 12.3. The molecule has 0 radical (unpaired) electrons. The standard InChI is InChI=1S/C15H17ClN2O3/c1-14(2,3)21-13(20)18-7-15(8-18)10-5-4-9(16)6-11(10)17-12(15)19/h4-6H,7-8H2,1-3H3,(H,17,19). The van der Waals surface area contributed by atoms with Gasteiger partial charge in [0.2, 0.25) is 5.91 Å². The van der Waals surface area contributed by atoms with Crippen LogP contribution in [0, 0.1) is 0 Å². The van der Waals surface area contributed by atoms with E-state index in [0.29, 0.717) is 18.1 Å². The quantitative estimate of drug-likeness (QED) is 0.802. The molecule has 21 heavy (non-hydrogen) atoms. The highest BCUT2D eigenvalue weighted by atomic mass is 35.5. The molecule has 1 aromatic carbocycles. The Morgan fingerprint density at radius 3 is 2.67 bits per heavy atom. The second kappa shape index (κ2) is 4.37. The molecule has 5 nitrogen and oxygen atoms in total. The summed E-state index contributed by atoms with van der Waals surface area (Å²) >= 11 is 5.94. The predicted molar refractivity (Wildman–Crippen MR) is 79.6 cm³/mol. The fourth-order valence-electron chi connectivity index (χ4n) is 2.78. The lowest BCUT2D eigenvalue weighted by atomic mass is 9.75. The van der Waals surface area contributed by atoms with Crippen LogP contribution in [-0.2, 0) is 14.9 Å². The van der Waals surface area contributed by atoms with Gasteiger partial charge >= 0.3 is 6.09 Å². The van der Waals surface area contributed by atoms with Gasteiger partial charge < -0.3 is 15.0 Å². The molecular weight excluding hydrogens is 292 g/mol. The van der Waals surface area contributed by atoms with Gasteiger partial charge in [-0.15, -0.1) is 0 Å². The number of fused-ring (bicyclic) bond motifs is 2. The zero-order chi connectivity index (χ0) is 15.4. The van der Waals surface area contributed by atoms with E-state index in [1.807, 2.05) is 26.8 Å². The van der Waals surface area contributed by atoms with Crippen molar-refractivity contribution in [2.45, 2.75) is 31.8 Å². The molecular formula is C15H17ClN2O3. The number of carbonyl (C=O) groups is 2. The van der Waals surface area contributed by atoms with Crippen LogP contribution in [0.5, 0.6) is 0 Å². The average Bonchev–Trinajstić information content (AvgIpc) is 2.55. The number of halogens is 1. The van der Waals surface area contributed by atoms with Gasteiger partial charge in [0.05, 0.1) is 0 Å². The van der Waals surface area contributed by atoms with E-state index in [1.54, 1.807) is 17.0 Å². The van der Waals surface area contributed by atoms with Crippen LogP contribution < -0.4 is 5.32 Å². The third kappa shape index (κ3) is 2.25. The summed E-state index contributed by atoms with van der Waals surface area (Å²) in [5.74, 6) is -0.0837. The average molecular weight is 309 g/mol. The number of ether oxygens (including phenoxy) is 1. The molecule has 0 unspecified atom stereocenters. The molecule has 0 bridgehead atoms. The number of hydrogen-bond acceptors (Lipinski definition) is 3. The van der Waals surface area contributed by atoms with Crippen LogP contribution in [0.3, 0.4) is 0 Å². The number of nitrogens with one attached hydrogen (secondary N) is 1. The van der Waals surface area contributed by atoms with Gasteiger partial charge in [-0.1, -0.05) is 17.7 Å². The van der Waals surface area contributed by atoms with Crippen molar-refractivity contribution < 1.29 is 14.3 Å². The molecule has 0 aromatic heterocycles. The second-order valence-electron chi connectivity index (χ2n) is 6.56. The first kappa shape index (κ1) is 14.2. The molecule has 2 aliphatic heterocycles. The molecule has 112 valence electrons. The number of hydrogen-bond donors (Lipinski definition) is 1. The Bertz CT molecular complexity index is 630. The fourth-order valence-corrected chi connectivity index (χ4v) is 2.95. The SMILES string of the molecule is CC(C)(C)OC(=O)N1CC2(C1)C(=O)Nc1cc(Cl)ccc12. The summed E-state index contributed by atoms with van der Waals surface area (Å²) in [4.78, 5) is 25.8. The topological polar surface area (TPSA) is 58.6 Å². The van der Waals surface area contributed by atoms with Gasteiger partial charge in [-0.2, -0.15) is 0 Å². The summed E-state index contributed by atoms with van der Waals surface area (Å²) in [5, 5.41) is 3.41. The lowest BCUT2D eigenvalue weighted by molar-refractivity contribution is -0.126. The zero-order valence-corrected chi connectivity index (χ0v) is 13.0. The van der Waals surface area contributed by atoms with Gasteiger partial charge in [-0.25, -0.2) is 4.79 Å². The zero-order valence-electron chi connectivity index (χ0n) is 12.2. The molecule has 2 aliphatic rings. The van der Waals surface area contributed by atoms with Crippen LogP contribution >= 0.6 is 11.6 Å². The molecule has 0 saturated carbocycles. The highest BCUT2D eigenvalue weighted by Crippen LogP contribution is 2.45. The molecule has 0 atom stereocenters. The minimum absolute atomic E-state index is 0.0837. The summed E-state index contributed by atoms with van der Waals surface area (Å²) in [6.45, 7) is 6.13. The molecule has 1 saturated heterocycles. The summed E-state index contributed by atoms with van der Waals surface area (Å²) in [7, 11) is 0. The van der Waals surface area contributed by atoms with Crippen LogP contribution in [0.4, 0.5) is 10.5 Å². The van der Waals surface area contributed by atoms with Gasteiger partial charge in [0, 0.05) is 23.8 Å². The lowest BCUT2D eigenvalue weighted by Crippen LogP contribution is -2.64. The van der Waals surface area contributed by atoms with Crippen LogP contribution in [-0.4, -0.2) is 35.6 Å². The number of amides is 2. The number of benzene rings is 1. The van der Waals surface area contributed by atoms with Gasteiger partial charge in [0.1, 0.15) is 11.0 Å². The van der Waals surface area contributed by atoms with Gasteiger partial charge in [0.15, 0.2) is 0 Å². The molecule has 0 aliphatic carbocycles. The Morgan fingerprint density at radius 2 is 2.05 bits per heavy atom. The van der Waals surface area contributed by atoms with Crippen molar-refractivity contribution in [2.24, 2.45) is 0 Å².